The summed E-state index contributed by atoms with van der Waals surface area (Å²) in [6.45, 7) is 4.22. The molecule has 0 radical (unpaired) electrons. The first-order valence-corrected chi connectivity index (χ1v) is 11.3. The summed E-state index contributed by atoms with van der Waals surface area (Å²) in [7, 11) is 0. The third-order valence-electron chi connectivity index (χ3n) is 4.97. The van der Waals surface area contributed by atoms with Crippen molar-refractivity contribution in [2.24, 2.45) is 0 Å². The van der Waals surface area contributed by atoms with Crippen LogP contribution in [0.25, 0.3) is 22.6 Å². The van der Waals surface area contributed by atoms with Gasteiger partial charge in [-0.15, -0.1) is 11.3 Å². The fourth-order valence-corrected chi connectivity index (χ4v) is 4.15. The van der Waals surface area contributed by atoms with Crippen LogP contribution >= 0.6 is 22.9 Å². The highest BCUT2D eigenvalue weighted by Crippen LogP contribution is 2.31. The lowest BCUT2D eigenvalue weighted by Crippen LogP contribution is -2.36. The van der Waals surface area contributed by atoms with E-state index in [1.54, 1.807) is 18.2 Å². The summed E-state index contributed by atoms with van der Waals surface area (Å²) < 4.78 is 42.4. The molecule has 11 heteroatoms. The van der Waals surface area contributed by atoms with Crippen molar-refractivity contribution in [2.45, 2.75) is 25.4 Å². The van der Waals surface area contributed by atoms with E-state index in [0.29, 0.717) is 11.6 Å². The summed E-state index contributed by atoms with van der Waals surface area (Å²) in [4.78, 5) is 20.8. The zero-order chi connectivity index (χ0) is 24.5. The number of nitrogens with zero attached hydrogens (tertiary/aromatic N) is 3. The number of benzene rings is 2. The van der Waals surface area contributed by atoms with Crippen LogP contribution in [0.1, 0.15) is 35.1 Å². The summed E-state index contributed by atoms with van der Waals surface area (Å²) in [5.74, 6) is -2.08. The van der Waals surface area contributed by atoms with E-state index < -0.39 is 17.5 Å². The maximum atomic E-state index is 12.7. The van der Waals surface area contributed by atoms with Crippen molar-refractivity contribution in [2.75, 3.05) is 6.54 Å². The van der Waals surface area contributed by atoms with Crippen molar-refractivity contribution < 1.29 is 22.5 Å². The van der Waals surface area contributed by atoms with E-state index in [1.807, 2.05) is 31.4 Å². The average molecular weight is 507 g/mol. The Morgan fingerprint density at radius 1 is 1.09 bits per heavy atom. The molecule has 2 aromatic heterocycles. The molecule has 0 aliphatic rings. The molecule has 176 valence electrons. The first kappa shape index (κ1) is 23.9. The van der Waals surface area contributed by atoms with Crippen LogP contribution in [0.4, 0.5) is 13.2 Å². The van der Waals surface area contributed by atoms with E-state index in [0.717, 1.165) is 16.3 Å². The Hall–Kier alpha value is -3.24. The second kappa shape index (κ2) is 9.19. The molecule has 0 unspecified atom stereocenters. The summed E-state index contributed by atoms with van der Waals surface area (Å²) >= 11 is 7.44. The highest BCUT2D eigenvalue weighted by Gasteiger charge is 2.38. The molecule has 0 aliphatic heterocycles. The number of amides is 1. The van der Waals surface area contributed by atoms with Gasteiger partial charge in [0.1, 0.15) is 5.01 Å². The van der Waals surface area contributed by atoms with Crippen LogP contribution in [-0.4, -0.2) is 27.6 Å². The summed E-state index contributed by atoms with van der Waals surface area (Å²) in [6, 6.07) is 13.4. The van der Waals surface area contributed by atoms with Gasteiger partial charge in [0, 0.05) is 39.1 Å². The van der Waals surface area contributed by atoms with Gasteiger partial charge in [-0.1, -0.05) is 54.9 Å². The Balaban J connectivity index is 1.45. The SMILES string of the molecule is CC(C)(CNC(=O)c1cccc(-c2noc(C(F)(F)F)n2)c1)c1nc(-c2ccc(Cl)cc2)cs1. The zero-order valence-electron chi connectivity index (χ0n) is 18.0. The smallest absolute Gasteiger partial charge is 0.351 e. The van der Waals surface area contributed by atoms with Gasteiger partial charge in [0.25, 0.3) is 5.91 Å². The van der Waals surface area contributed by atoms with E-state index in [2.05, 4.69) is 20.0 Å². The molecule has 1 N–H and O–H groups in total. The number of aromatic nitrogens is 3. The van der Waals surface area contributed by atoms with Gasteiger partial charge in [-0.25, -0.2) is 4.98 Å². The average Bonchev–Trinajstić information content (AvgIpc) is 3.49. The first-order valence-electron chi connectivity index (χ1n) is 10.0. The highest BCUT2D eigenvalue weighted by molar-refractivity contribution is 7.10. The molecule has 0 atom stereocenters. The molecule has 2 heterocycles. The van der Waals surface area contributed by atoms with Gasteiger partial charge < -0.3 is 9.84 Å². The van der Waals surface area contributed by atoms with Crippen LogP contribution < -0.4 is 5.32 Å². The lowest BCUT2D eigenvalue weighted by atomic mass is 9.94. The Kier molecular flexibility index (Phi) is 6.46. The quantitative estimate of drug-likeness (QED) is 0.335. The van der Waals surface area contributed by atoms with Crippen LogP contribution in [0.2, 0.25) is 5.02 Å². The minimum atomic E-state index is -4.74. The second-order valence-corrected chi connectivity index (χ2v) is 9.41. The fourth-order valence-electron chi connectivity index (χ4n) is 3.07. The Bertz CT molecular complexity index is 1320. The minimum absolute atomic E-state index is 0.235. The summed E-state index contributed by atoms with van der Waals surface area (Å²) in [5.41, 5.74) is 1.80. The van der Waals surface area contributed by atoms with Crippen molar-refractivity contribution in [1.29, 1.82) is 0 Å². The Morgan fingerprint density at radius 2 is 1.82 bits per heavy atom. The minimum Gasteiger partial charge on any atom is -0.351 e. The molecule has 0 bridgehead atoms. The molecule has 2 aromatic carbocycles. The number of carbonyl (C=O) groups excluding carboxylic acids is 1. The van der Waals surface area contributed by atoms with Gasteiger partial charge in [-0.05, 0) is 24.3 Å². The van der Waals surface area contributed by atoms with Crippen LogP contribution in [0.3, 0.4) is 0 Å². The standard InChI is InChI=1S/C23H18ClF3N4O2S/c1-22(2,21-29-17(11-34-21)13-6-8-16(24)9-7-13)12-28-19(32)15-5-3-4-14(10-15)18-30-20(33-31-18)23(25,26)27/h3-11H,12H2,1-2H3,(H,28,32). The van der Waals surface area contributed by atoms with Crippen molar-refractivity contribution in [3.63, 3.8) is 0 Å². The molecule has 0 spiro atoms. The molecule has 0 saturated heterocycles. The van der Waals surface area contributed by atoms with Gasteiger partial charge in [0.2, 0.25) is 5.82 Å². The van der Waals surface area contributed by atoms with Crippen LogP contribution in [0.15, 0.2) is 58.4 Å². The number of carbonyl (C=O) groups is 1. The molecule has 1 amide bonds. The molecule has 6 nitrogen and oxygen atoms in total. The Morgan fingerprint density at radius 3 is 2.50 bits per heavy atom. The van der Waals surface area contributed by atoms with Gasteiger partial charge in [-0.2, -0.15) is 18.2 Å². The molecule has 34 heavy (non-hydrogen) atoms. The number of hydrogen-bond acceptors (Lipinski definition) is 6. The maximum absolute atomic E-state index is 12.7. The van der Waals surface area contributed by atoms with Gasteiger partial charge in [0.15, 0.2) is 0 Å². The molecular weight excluding hydrogens is 489 g/mol. The first-order chi connectivity index (χ1) is 16.0. The fraction of sp³-hybridized carbons (Fsp3) is 0.217. The van der Waals surface area contributed by atoms with Crippen molar-refractivity contribution in [3.8, 4) is 22.6 Å². The van der Waals surface area contributed by atoms with E-state index in [4.69, 9.17) is 16.6 Å². The molecular formula is C23H18ClF3N4O2S. The number of alkyl halides is 3. The molecule has 0 fully saturated rings. The van der Waals surface area contributed by atoms with Crippen molar-refractivity contribution in [1.82, 2.24) is 20.4 Å². The van der Waals surface area contributed by atoms with E-state index >= 15 is 0 Å². The normalized spacial score (nSPS) is 12.1. The number of rotatable bonds is 6. The Labute approximate surface area is 201 Å². The predicted molar refractivity (Wildman–Crippen MR) is 123 cm³/mol. The number of halogens is 4. The van der Waals surface area contributed by atoms with E-state index in [-0.39, 0.29) is 22.9 Å². The highest BCUT2D eigenvalue weighted by atomic mass is 35.5. The predicted octanol–water partition coefficient (Wildman–Crippen LogP) is 6.24. The number of hydrogen-bond donors (Lipinski definition) is 1. The van der Waals surface area contributed by atoms with Crippen LogP contribution in [-0.2, 0) is 11.6 Å². The topological polar surface area (TPSA) is 80.9 Å². The van der Waals surface area contributed by atoms with Crippen LogP contribution in [0, 0.1) is 0 Å². The lowest BCUT2D eigenvalue weighted by molar-refractivity contribution is -0.159. The van der Waals surface area contributed by atoms with Gasteiger partial charge in [-0.3, -0.25) is 4.79 Å². The molecule has 0 aliphatic carbocycles. The largest absolute Gasteiger partial charge is 0.471 e. The molecule has 0 saturated carbocycles. The van der Waals surface area contributed by atoms with Gasteiger partial charge in [0.05, 0.1) is 5.69 Å². The van der Waals surface area contributed by atoms with E-state index in [9.17, 15) is 18.0 Å². The third kappa shape index (κ3) is 5.28. The summed E-state index contributed by atoms with van der Waals surface area (Å²) in [6.07, 6.45) is -4.74. The van der Waals surface area contributed by atoms with Gasteiger partial charge >= 0.3 is 12.1 Å². The zero-order valence-corrected chi connectivity index (χ0v) is 19.6. The molecule has 4 aromatic rings. The molecule has 4 rings (SSSR count). The third-order valence-corrected chi connectivity index (χ3v) is 6.43. The van der Waals surface area contributed by atoms with Crippen molar-refractivity contribution >= 4 is 28.8 Å². The lowest BCUT2D eigenvalue weighted by Gasteiger charge is -2.22. The second-order valence-electron chi connectivity index (χ2n) is 8.11. The van der Waals surface area contributed by atoms with Crippen molar-refractivity contribution in [3.05, 3.63) is 75.4 Å². The number of nitrogens with one attached hydrogen (secondary N) is 1. The monoisotopic (exact) mass is 506 g/mol. The number of thiazole rings is 1. The summed E-state index contributed by atoms with van der Waals surface area (Å²) in [5, 5.41) is 9.67. The maximum Gasteiger partial charge on any atom is 0.471 e. The van der Waals surface area contributed by atoms with E-state index in [1.165, 1.54) is 29.5 Å². The van der Waals surface area contributed by atoms with Crippen LogP contribution in [0.5, 0.6) is 0 Å².